The topological polar surface area (TPSA) is 106 Å². The van der Waals surface area contributed by atoms with E-state index in [-0.39, 0.29) is 34.4 Å². The Morgan fingerprint density at radius 2 is 1.93 bits per heavy atom. The van der Waals surface area contributed by atoms with Crippen LogP contribution in [0.3, 0.4) is 0 Å². The molecule has 0 bridgehead atoms. The largest absolute Gasteiger partial charge is 0.467 e. The van der Waals surface area contributed by atoms with Gasteiger partial charge in [-0.25, -0.2) is 15.0 Å². The molecule has 0 fully saturated rings. The molecule has 1 unspecified atom stereocenters. The highest BCUT2D eigenvalue weighted by Gasteiger charge is 2.29. The zero-order valence-electron chi connectivity index (χ0n) is 16.2. The lowest BCUT2D eigenvalue weighted by molar-refractivity contribution is -0.154. The van der Waals surface area contributed by atoms with Gasteiger partial charge in [-0.1, -0.05) is 25.4 Å². The van der Waals surface area contributed by atoms with Gasteiger partial charge < -0.3 is 10.1 Å². The van der Waals surface area contributed by atoms with Crippen molar-refractivity contribution in [2.24, 2.45) is 5.92 Å². The van der Waals surface area contributed by atoms with E-state index in [1.54, 1.807) is 20.8 Å². The molecule has 2 N–H and O–H groups in total. The van der Waals surface area contributed by atoms with Crippen LogP contribution in [-0.4, -0.2) is 39.5 Å². The molecule has 0 radical (unpaired) electrons. The Hall–Kier alpha value is -2.95. The van der Waals surface area contributed by atoms with Crippen LogP contribution in [-0.2, 0) is 4.79 Å². The van der Waals surface area contributed by atoms with E-state index in [1.807, 2.05) is 0 Å². The van der Waals surface area contributed by atoms with Gasteiger partial charge in [-0.05, 0) is 24.6 Å². The van der Waals surface area contributed by atoms with Crippen molar-refractivity contribution in [1.82, 2.24) is 20.3 Å². The van der Waals surface area contributed by atoms with Crippen molar-refractivity contribution < 1.29 is 27.5 Å². The molecule has 0 saturated carbocycles. The highest BCUT2D eigenvalue weighted by molar-refractivity contribution is 6.31. The van der Waals surface area contributed by atoms with Crippen LogP contribution in [0.25, 0.3) is 0 Å². The third-order valence-corrected chi connectivity index (χ3v) is 3.97. The maximum absolute atomic E-state index is 12.4. The zero-order chi connectivity index (χ0) is 22.5. The number of ether oxygens (including phenoxy) is 1. The van der Waals surface area contributed by atoms with Gasteiger partial charge in [0.15, 0.2) is 6.61 Å². The molecule has 2 amide bonds. The predicted molar refractivity (Wildman–Crippen MR) is 102 cm³/mol. The van der Waals surface area contributed by atoms with Gasteiger partial charge in [-0.15, -0.1) is 0 Å². The van der Waals surface area contributed by atoms with E-state index in [9.17, 15) is 22.8 Å². The van der Waals surface area contributed by atoms with Crippen molar-refractivity contribution in [2.75, 3.05) is 11.9 Å². The van der Waals surface area contributed by atoms with Gasteiger partial charge in [0.1, 0.15) is 10.7 Å². The van der Waals surface area contributed by atoms with E-state index in [2.05, 4.69) is 30.3 Å². The van der Waals surface area contributed by atoms with Gasteiger partial charge in [0.25, 0.3) is 5.91 Å². The lowest BCUT2D eigenvalue weighted by Gasteiger charge is -2.16. The van der Waals surface area contributed by atoms with E-state index in [0.29, 0.717) is 5.56 Å². The first kappa shape index (κ1) is 23.3. The van der Waals surface area contributed by atoms with Crippen LogP contribution in [0.15, 0.2) is 24.5 Å². The van der Waals surface area contributed by atoms with E-state index in [1.165, 1.54) is 24.5 Å². The molecule has 2 aromatic heterocycles. The van der Waals surface area contributed by atoms with Crippen molar-refractivity contribution in [3.63, 3.8) is 0 Å². The summed E-state index contributed by atoms with van der Waals surface area (Å²) in [5.41, 5.74) is 0.454. The third-order valence-electron chi connectivity index (χ3n) is 3.70. The van der Waals surface area contributed by atoms with Crippen molar-refractivity contribution >= 4 is 29.4 Å². The van der Waals surface area contributed by atoms with Crippen LogP contribution in [0, 0.1) is 5.92 Å². The molecule has 0 aliphatic rings. The number of rotatable bonds is 7. The second kappa shape index (κ2) is 9.70. The molecule has 8 nitrogen and oxygen atoms in total. The fourth-order valence-electron chi connectivity index (χ4n) is 2.09. The minimum absolute atomic E-state index is 0.00937. The van der Waals surface area contributed by atoms with Gasteiger partial charge in [-0.2, -0.15) is 13.2 Å². The Labute approximate surface area is 175 Å². The first-order valence-corrected chi connectivity index (χ1v) is 9.14. The normalized spacial score (nSPS) is 12.4. The van der Waals surface area contributed by atoms with Gasteiger partial charge in [0.2, 0.25) is 17.7 Å². The van der Waals surface area contributed by atoms with E-state index >= 15 is 0 Å². The molecule has 1 atom stereocenters. The second-order valence-electron chi connectivity index (χ2n) is 6.56. The number of nitrogens with zero attached hydrogens (tertiary/aromatic N) is 3. The second-order valence-corrected chi connectivity index (χ2v) is 6.97. The molecule has 0 aliphatic heterocycles. The van der Waals surface area contributed by atoms with Crippen molar-refractivity contribution in [1.29, 1.82) is 0 Å². The van der Waals surface area contributed by atoms with Crippen LogP contribution in [0.1, 0.15) is 42.9 Å². The fourth-order valence-corrected chi connectivity index (χ4v) is 2.32. The molecule has 2 rings (SSSR count). The number of halogens is 4. The maximum atomic E-state index is 12.4. The molecule has 162 valence electrons. The first-order valence-electron chi connectivity index (χ1n) is 8.76. The number of aromatic nitrogens is 3. The van der Waals surface area contributed by atoms with Crippen LogP contribution >= 0.6 is 11.6 Å². The summed E-state index contributed by atoms with van der Waals surface area (Å²) in [5.74, 6) is -1.51. The van der Waals surface area contributed by atoms with E-state index in [4.69, 9.17) is 11.6 Å². The number of pyridine rings is 1. The number of alkyl halides is 3. The summed E-state index contributed by atoms with van der Waals surface area (Å²) in [7, 11) is 0. The van der Waals surface area contributed by atoms with E-state index < -0.39 is 24.7 Å². The molecule has 0 saturated heterocycles. The molecule has 30 heavy (non-hydrogen) atoms. The smallest absolute Gasteiger partial charge is 0.422 e. The van der Waals surface area contributed by atoms with Crippen LogP contribution in [0.2, 0.25) is 5.02 Å². The zero-order valence-corrected chi connectivity index (χ0v) is 17.0. The van der Waals surface area contributed by atoms with E-state index in [0.717, 1.165) is 0 Å². The Morgan fingerprint density at radius 1 is 1.23 bits per heavy atom. The summed E-state index contributed by atoms with van der Waals surface area (Å²) < 4.78 is 41.3. The lowest BCUT2D eigenvalue weighted by atomic mass is 10.1. The number of nitrogens with one attached hydrogen (secondary N) is 2. The third kappa shape index (κ3) is 6.83. The van der Waals surface area contributed by atoms with Crippen molar-refractivity contribution in [3.8, 4) is 5.88 Å². The molecule has 2 heterocycles. The number of amides is 2. The Kier molecular flexibility index (Phi) is 7.54. The van der Waals surface area contributed by atoms with Crippen molar-refractivity contribution in [2.45, 2.75) is 33.0 Å². The van der Waals surface area contributed by atoms with Gasteiger partial charge >= 0.3 is 6.18 Å². The summed E-state index contributed by atoms with van der Waals surface area (Å²) in [6.07, 6.45) is -1.94. The number of anilines is 1. The quantitative estimate of drug-likeness (QED) is 0.675. The van der Waals surface area contributed by atoms with Crippen LogP contribution in [0.4, 0.5) is 19.1 Å². The standard InChI is InChI=1S/C18H19ClF3N5O3/c1-9(2)14(28)27-17-23-5-4-13(26-17)15(29)25-10(3)11-6-12(19)16(24-7-11)30-8-18(20,21)22/h4-7,9-10H,8H2,1-3H3,(H,25,29)(H,23,26,27,28). The monoisotopic (exact) mass is 445 g/mol. The Bertz CT molecular complexity index is 924. The van der Waals surface area contributed by atoms with Crippen molar-refractivity contribution in [3.05, 3.63) is 40.8 Å². The highest BCUT2D eigenvalue weighted by atomic mass is 35.5. The van der Waals surface area contributed by atoms with Crippen LogP contribution < -0.4 is 15.4 Å². The summed E-state index contributed by atoms with van der Waals surface area (Å²) in [6, 6.07) is 2.12. The summed E-state index contributed by atoms with van der Waals surface area (Å²) in [6.45, 7) is 3.51. The number of hydrogen-bond donors (Lipinski definition) is 2. The SMILES string of the molecule is CC(C)C(=O)Nc1nccc(C(=O)NC(C)c2cnc(OCC(F)(F)F)c(Cl)c2)n1. The Morgan fingerprint density at radius 3 is 2.53 bits per heavy atom. The number of carbonyl (C=O) groups is 2. The number of carbonyl (C=O) groups excluding carboxylic acids is 2. The molecule has 0 aromatic carbocycles. The number of hydrogen-bond acceptors (Lipinski definition) is 6. The molecule has 2 aromatic rings. The Balaban J connectivity index is 2.05. The van der Waals surface area contributed by atoms with Gasteiger partial charge in [-0.3, -0.25) is 14.9 Å². The molecule has 0 aliphatic carbocycles. The lowest BCUT2D eigenvalue weighted by Crippen LogP contribution is -2.28. The average molecular weight is 446 g/mol. The average Bonchev–Trinajstić information content (AvgIpc) is 2.66. The summed E-state index contributed by atoms with van der Waals surface area (Å²) >= 11 is 5.92. The minimum Gasteiger partial charge on any atom is -0.467 e. The summed E-state index contributed by atoms with van der Waals surface area (Å²) in [4.78, 5) is 35.8. The molecular weight excluding hydrogens is 427 g/mol. The molecule has 0 spiro atoms. The maximum Gasteiger partial charge on any atom is 0.422 e. The fraction of sp³-hybridized carbons (Fsp3) is 0.389. The first-order chi connectivity index (χ1) is 14.0. The minimum atomic E-state index is -4.52. The predicted octanol–water partition coefficient (Wildman–Crippen LogP) is 3.55. The molecular formula is C18H19ClF3N5O3. The highest BCUT2D eigenvalue weighted by Crippen LogP contribution is 2.27. The van der Waals surface area contributed by atoms with Gasteiger partial charge in [0, 0.05) is 18.3 Å². The van der Waals surface area contributed by atoms with Gasteiger partial charge in [0.05, 0.1) is 6.04 Å². The van der Waals surface area contributed by atoms with Crippen LogP contribution in [0.5, 0.6) is 5.88 Å². The molecule has 12 heteroatoms. The summed E-state index contributed by atoms with van der Waals surface area (Å²) in [5, 5.41) is 5.03.